The van der Waals surface area contributed by atoms with Crippen LogP contribution in [0.1, 0.15) is 26.3 Å². The number of amides is 2. The van der Waals surface area contributed by atoms with Crippen molar-refractivity contribution in [2.24, 2.45) is 5.10 Å². The topological polar surface area (TPSA) is 96.9 Å². The maximum atomic E-state index is 12.5. The first kappa shape index (κ1) is 23.7. The number of carbonyl (C=O) groups excluding carboxylic acids is 3. The Morgan fingerprint density at radius 3 is 2.34 bits per heavy atom. The maximum absolute atomic E-state index is 12.5. The summed E-state index contributed by atoms with van der Waals surface area (Å²) in [5.41, 5.74) is 3.93. The molecule has 7 nitrogen and oxygen atoms in total. The van der Waals surface area contributed by atoms with Crippen LogP contribution in [0.3, 0.4) is 0 Å². The Bertz CT molecular complexity index is 1400. The number of nitrogens with zero attached hydrogens (tertiary/aromatic N) is 1. The molecule has 4 aromatic carbocycles. The molecule has 0 bridgehead atoms. The smallest absolute Gasteiger partial charge is 0.343 e. The van der Waals surface area contributed by atoms with Crippen molar-refractivity contribution in [3.63, 3.8) is 0 Å². The van der Waals surface area contributed by atoms with Gasteiger partial charge in [-0.2, -0.15) is 5.10 Å². The van der Waals surface area contributed by atoms with Gasteiger partial charge in [0.2, 0.25) is 0 Å². The zero-order chi connectivity index (χ0) is 24.6. The maximum Gasteiger partial charge on any atom is 0.343 e. The highest BCUT2D eigenvalue weighted by Gasteiger charge is 2.11. The number of nitrogens with one attached hydrogen (secondary N) is 2. The minimum Gasteiger partial charge on any atom is -0.423 e. The second-order valence-electron chi connectivity index (χ2n) is 7.47. The fraction of sp³-hybridized carbons (Fsp3) is 0.0370. The van der Waals surface area contributed by atoms with E-state index in [1.54, 1.807) is 60.7 Å². The van der Waals surface area contributed by atoms with Crippen LogP contribution in [0.25, 0.3) is 10.8 Å². The van der Waals surface area contributed by atoms with Crippen LogP contribution < -0.4 is 15.5 Å². The summed E-state index contributed by atoms with van der Waals surface area (Å²) < 4.78 is 5.32. The lowest BCUT2D eigenvalue weighted by Gasteiger charge is -2.07. The Kier molecular flexibility index (Phi) is 7.50. The molecule has 0 spiro atoms. The molecule has 4 aromatic rings. The Balaban J connectivity index is 1.25. The van der Waals surface area contributed by atoms with Crippen molar-refractivity contribution in [2.75, 3.05) is 6.54 Å². The Labute approximate surface area is 206 Å². The number of rotatable bonds is 7. The lowest BCUT2D eigenvalue weighted by Crippen LogP contribution is -2.35. The number of carbonyl (C=O) groups is 3. The number of hydrogen-bond donors (Lipinski definition) is 2. The van der Waals surface area contributed by atoms with Crippen LogP contribution in [-0.2, 0) is 4.79 Å². The zero-order valence-corrected chi connectivity index (χ0v) is 19.2. The molecule has 0 heterocycles. The van der Waals surface area contributed by atoms with Gasteiger partial charge in [-0.05, 0) is 70.9 Å². The van der Waals surface area contributed by atoms with Gasteiger partial charge in [-0.1, -0.05) is 48.0 Å². The van der Waals surface area contributed by atoms with Crippen molar-refractivity contribution >= 4 is 46.4 Å². The predicted molar refractivity (Wildman–Crippen MR) is 135 cm³/mol. The van der Waals surface area contributed by atoms with E-state index in [9.17, 15) is 14.4 Å². The molecule has 174 valence electrons. The average Bonchev–Trinajstić information content (AvgIpc) is 2.88. The summed E-state index contributed by atoms with van der Waals surface area (Å²) in [6, 6.07) is 25.9. The summed E-state index contributed by atoms with van der Waals surface area (Å²) in [6.07, 6.45) is 1.44. The van der Waals surface area contributed by atoms with Crippen molar-refractivity contribution in [3.05, 3.63) is 113 Å². The highest BCUT2D eigenvalue weighted by atomic mass is 35.5. The number of hydrogen-bond acceptors (Lipinski definition) is 5. The first-order chi connectivity index (χ1) is 17.0. The van der Waals surface area contributed by atoms with Gasteiger partial charge in [0, 0.05) is 10.6 Å². The standard InChI is InChI=1S/C27H20ClN3O4/c28-21-12-10-20(11-13-21)27(34)35-22-14-8-18(9-15-22)16-30-31-25(32)17-29-26(33)24-7-3-5-19-4-1-2-6-23(19)24/h1-16H,17H2,(H,29,33)(H,31,32)/b30-16-. The molecular weight excluding hydrogens is 466 g/mol. The van der Waals surface area contributed by atoms with E-state index in [0.717, 1.165) is 10.8 Å². The van der Waals surface area contributed by atoms with Crippen molar-refractivity contribution in [2.45, 2.75) is 0 Å². The van der Waals surface area contributed by atoms with E-state index in [1.807, 2.05) is 30.3 Å². The third kappa shape index (κ3) is 6.31. The van der Waals surface area contributed by atoms with Crippen molar-refractivity contribution in [1.82, 2.24) is 10.7 Å². The molecule has 35 heavy (non-hydrogen) atoms. The Hall–Kier alpha value is -4.49. The normalized spacial score (nSPS) is 10.8. The SMILES string of the molecule is O=C(CNC(=O)c1cccc2ccccc12)N/N=C\c1ccc(OC(=O)c2ccc(Cl)cc2)cc1. The van der Waals surface area contributed by atoms with Crippen molar-refractivity contribution in [3.8, 4) is 5.75 Å². The quantitative estimate of drug-likeness (QED) is 0.173. The van der Waals surface area contributed by atoms with E-state index in [1.165, 1.54) is 6.21 Å². The van der Waals surface area contributed by atoms with Crippen LogP contribution in [0.5, 0.6) is 5.75 Å². The molecule has 0 unspecified atom stereocenters. The average molecular weight is 486 g/mol. The second kappa shape index (κ2) is 11.1. The Morgan fingerprint density at radius 2 is 1.57 bits per heavy atom. The number of fused-ring (bicyclic) bond motifs is 1. The van der Waals surface area contributed by atoms with E-state index in [-0.39, 0.29) is 12.5 Å². The number of ether oxygens (including phenoxy) is 1. The first-order valence-corrected chi connectivity index (χ1v) is 11.0. The molecule has 4 rings (SSSR count). The van der Waals surface area contributed by atoms with Crippen LogP contribution in [0.15, 0.2) is 96.1 Å². The largest absolute Gasteiger partial charge is 0.423 e. The third-order valence-corrected chi connectivity index (χ3v) is 5.27. The number of benzene rings is 4. The van der Waals surface area contributed by atoms with Gasteiger partial charge in [-0.3, -0.25) is 9.59 Å². The predicted octanol–water partition coefficient (Wildman–Crippen LogP) is 4.59. The summed E-state index contributed by atoms with van der Waals surface area (Å²) >= 11 is 5.82. The minimum absolute atomic E-state index is 0.223. The minimum atomic E-state index is -0.499. The molecule has 0 atom stereocenters. The molecule has 0 saturated carbocycles. The van der Waals surface area contributed by atoms with Crippen LogP contribution in [0, 0.1) is 0 Å². The fourth-order valence-electron chi connectivity index (χ4n) is 3.27. The third-order valence-electron chi connectivity index (χ3n) is 5.02. The molecular formula is C27H20ClN3O4. The van der Waals surface area contributed by atoms with Gasteiger partial charge in [0.15, 0.2) is 0 Å². The van der Waals surface area contributed by atoms with Gasteiger partial charge < -0.3 is 10.1 Å². The number of halogens is 1. The molecule has 0 radical (unpaired) electrons. The van der Waals surface area contributed by atoms with Gasteiger partial charge in [-0.15, -0.1) is 0 Å². The highest BCUT2D eigenvalue weighted by Crippen LogP contribution is 2.18. The highest BCUT2D eigenvalue weighted by molar-refractivity contribution is 6.30. The van der Waals surface area contributed by atoms with Crippen LogP contribution in [0.2, 0.25) is 5.02 Å². The fourth-order valence-corrected chi connectivity index (χ4v) is 3.40. The molecule has 0 aliphatic carbocycles. The van der Waals surface area contributed by atoms with Gasteiger partial charge in [0.05, 0.1) is 18.3 Å². The zero-order valence-electron chi connectivity index (χ0n) is 18.4. The molecule has 0 aromatic heterocycles. The van der Waals surface area contributed by atoms with E-state index in [2.05, 4.69) is 15.8 Å². The van der Waals surface area contributed by atoms with Crippen molar-refractivity contribution < 1.29 is 19.1 Å². The van der Waals surface area contributed by atoms with Crippen LogP contribution >= 0.6 is 11.6 Å². The molecule has 0 saturated heterocycles. The summed E-state index contributed by atoms with van der Waals surface area (Å²) in [5, 5.41) is 8.78. The Morgan fingerprint density at radius 1 is 0.857 bits per heavy atom. The molecule has 0 aliphatic rings. The van der Waals surface area contributed by atoms with Crippen LogP contribution in [-0.4, -0.2) is 30.5 Å². The van der Waals surface area contributed by atoms with E-state index in [4.69, 9.17) is 16.3 Å². The van der Waals surface area contributed by atoms with Gasteiger partial charge in [0.1, 0.15) is 5.75 Å². The summed E-state index contributed by atoms with van der Waals surface area (Å²) in [5.74, 6) is -0.948. The first-order valence-electron chi connectivity index (χ1n) is 10.7. The molecule has 2 amide bonds. The summed E-state index contributed by atoms with van der Waals surface area (Å²) in [6.45, 7) is -0.223. The van der Waals surface area contributed by atoms with Gasteiger partial charge in [0.25, 0.3) is 11.8 Å². The molecule has 2 N–H and O–H groups in total. The summed E-state index contributed by atoms with van der Waals surface area (Å²) in [7, 11) is 0. The second-order valence-corrected chi connectivity index (χ2v) is 7.90. The lowest BCUT2D eigenvalue weighted by atomic mass is 10.0. The monoisotopic (exact) mass is 485 g/mol. The number of esters is 1. The van der Waals surface area contributed by atoms with E-state index >= 15 is 0 Å². The molecule has 0 fully saturated rings. The van der Waals surface area contributed by atoms with Gasteiger partial charge in [-0.25, -0.2) is 10.2 Å². The summed E-state index contributed by atoms with van der Waals surface area (Å²) in [4.78, 5) is 36.7. The lowest BCUT2D eigenvalue weighted by molar-refractivity contribution is -0.120. The van der Waals surface area contributed by atoms with E-state index in [0.29, 0.717) is 27.5 Å². The van der Waals surface area contributed by atoms with Crippen LogP contribution in [0.4, 0.5) is 0 Å². The number of hydrazone groups is 1. The van der Waals surface area contributed by atoms with Gasteiger partial charge >= 0.3 is 5.97 Å². The van der Waals surface area contributed by atoms with Crippen molar-refractivity contribution in [1.29, 1.82) is 0 Å². The molecule has 8 heteroatoms. The molecule has 0 aliphatic heterocycles. The van der Waals surface area contributed by atoms with E-state index < -0.39 is 11.9 Å².